The van der Waals surface area contributed by atoms with Crippen LogP contribution in [0, 0.1) is 0 Å². The topological polar surface area (TPSA) is 72.8 Å². The summed E-state index contributed by atoms with van der Waals surface area (Å²) in [6, 6.07) is 5.64. The van der Waals surface area contributed by atoms with E-state index in [4.69, 9.17) is 5.11 Å². The molecule has 2 rings (SSSR count). The summed E-state index contributed by atoms with van der Waals surface area (Å²) in [7, 11) is 0. The fraction of sp³-hybridized carbons (Fsp3) is 0.562. The highest BCUT2D eigenvalue weighted by atomic mass is 16.3. The van der Waals surface area contributed by atoms with Gasteiger partial charge in [0.1, 0.15) is 0 Å². The Morgan fingerprint density at radius 1 is 1.33 bits per heavy atom. The lowest BCUT2D eigenvalue weighted by Crippen LogP contribution is -2.31. The number of Topliss-reactive ketones (excluding diaryl/α,β-unsaturated/α-hetero) is 1. The van der Waals surface area contributed by atoms with Gasteiger partial charge in [0.2, 0.25) is 0 Å². The number of benzene rings is 1. The van der Waals surface area contributed by atoms with Crippen molar-refractivity contribution in [2.75, 3.05) is 36.5 Å². The molecule has 1 atom stereocenters. The Labute approximate surface area is 125 Å². The first-order chi connectivity index (χ1) is 10.1. The normalized spacial score (nSPS) is 16.6. The van der Waals surface area contributed by atoms with Crippen molar-refractivity contribution in [3.8, 4) is 0 Å². The number of aliphatic hydroxyl groups is 2. The van der Waals surface area contributed by atoms with E-state index in [-0.39, 0.29) is 18.9 Å². The number of nitrogens with one attached hydrogen (secondary N) is 1. The molecule has 1 aliphatic rings. The van der Waals surface area contributed by atoms with Crippen LogP contribution in [0.15, 0.2) is 18.2 Å². The number of carbonyl (C=O) groups excluding carboxylic acids is 1. The summed E-state index contributed by atoms with van der Waals surface area (Å²) in [5.74, 6) is 0.0194. The number of aliphatic hydroxyl groups excluding tert-OH is 2. The number of anilines is 2. The molecule has 1 aromatic carbocycles. The molecule has 0 saturated carbocycles. The van der Waals surface area contributed by atoms with Gasteiger partial charge in [-0.05, 0) is 44.4 Å². The van der Waals surface area contributed by atoms with Crippen LogP contribution in [0.2, 0.25) is 0 Å². The number of hydrogen-bond donors (Lipinski definition) is 3. The first-order valence-corrected chi connectivity index (χ1v) is 7.54. The first kappa shape index (κ1) is 15.8. The van der Waals surface area contributed by atoms with Crippen LogP contribution >= 0.6 is 0 Å². The molecular weight excluding hydrogens is 268 g/mol. The summed E-state index contributed by atoms with van der Waals surface area (Å²) in [4.78, 5) is 13.9. The van der Waals surface area contributed by atoms with E-state index in [1.807, 2.05) is 18.2 Å². The second-order valence-electron chi connectivity index (χ2n) is 5.55. The molecular formula is C16H24N2O3. The van der Waals surface area contributed by atoms with E-state index in [2.05, 4.69) is 10.2 Å². The van der Waals surface area contributed by atoms with Crippen molar-refractivity contribution in [2.45, 2.75) is 32.3 Å². The van der Waals surface area contributed by atoms with Gasteiger partial charge in [-0.3, -0.25) is 4.79 Å². The smallest absolute Gasteiger partial charge is 0.159 e. The van der Waals surface area contributed by atoms with Gasteiger partial charge in [-0.1, -0.05) is 0 Å². The van der Waals surface area contributed by atoms with Gasteiger partial charge in [-0.15, -0.1) is 0 Å². The second kappa shape index (κ2) is 7.43. The van der Waals surface area contributed by atoms with Crippen molar-refractivity contribution in [1.29, 1.82) is 0 Å². The fourth-order valence-electron chi connectivity index (χ4n) is 2.60. The third kappa shape index (κ3) is 4.19. The molecule has 0 aromatic heterocycles. The summed E-state index contributed by atoms with van der Waals surface area (Å²) in [6.45, 7) is 3.55. The monoisotopic (exact) mass is 292 g/mol. The molecule has 21 heavy (non-hydrogen) atoms. The van der Waals surface area contributed by atoms with E-state index in [9.17, 15) is 9.90 Å². The highest BCUT2D eigenvalue weighted by Gasteiger charge is 2.16. The van der Waals surface area contributed by atoms with E-state index in [0.29, 0.717) is 5.56 Å². The van der Waals surface area contributed by atoms with Crippen LogP contribution in [0.5, 0.6) is 0 Å². The standard InChI is InChI=1S/C16H24N2O3/c1-12(20)13-5-6-16(18-7-3-2-4-8-18)15(9-13)17-10-14(21)11-19/h5-6,9,14,17,19,21H,2-4,7-8,10-11H2,1H3. The Kier molecular flexibility index (Phi) is 5.59. The largest absolute Gasteiger partial charge is 0.394 e. The Morgan fingerprint density at radius 2 is 2.05 bits per heavy atom. The molecule has 1 unspecified atom stereocenters. The Balaban J connectivity index is 2.22. The zero-order chi connectivity index (χ0) is 15.2. The summed E-state index contributed by atoms with van der Waals surface area (Å²) in [5.41, 5.74) is 2.55. The number of ketones is 1. The van der Waals surface area contributed by atoms with Crippen LogP contribution in [-0.4, -0.2) is 48.3 Å². The minimum Gasteiger partial charge on any atom is -0.394 e. The van der Waals surface area contributed by atoms with E-state index in [1.54, 1.807) is 6.92 Å². The minimum atomic E-state index is -0.805. The lowest BCUT2D eigenvalue weighted by Gasteiger charge is -2.31. The second-order valence-corrected chi connectivity index (χ2v) is 5.55. The predicted molar refractivity (Wildman–Crippen MR) is 84.1 cm³/mol. The predicted octanol–water partition coefficient (Wildman–Crippen LogP) is 1.64. The Hall–Kier alpha value is -1.59. The maximum Gasteiger partial charge on any atom is 0.159 e. The molecule has 5 nitrogen and oxygen atoms in total. The van der Waals surface area contributed by atoms with Crippen molar-refractivity contribution in [3.63, 3.8) is 0 Å². The molecule has 1 saturated heterocycles. The van der Waals surface area contributed by atoms with Crippen molar-refractivity contribution in [2.24, 2.45) is 0 Å². The summed E-state index contributed by atoms with van der Waals surface area (Å²) in [5, 5.41) is 21.6. The molecule has 3 N–H and O–H groups in total. The minimum absolute atomic E-state index is 0.0194. The maximum absolute atomic E-state index is 11.5. The molecule has 0 aliphatic carbocycles. The quantitative estimate of drug-likeness (QED) is 0.695. The molecule has 116 valence electrons. The zero-order valence-electron chi connectivity index (χ0n) is 12.5. The van der Waals surface area contributed by atoms with Gasteiger partial charge < -0.3 is 20.4 Å². The van der Waals surface area contributed by atoms with Gasteiger partial charge in [-0.2, -0.15) is 0 Å². The number of rotatable bonds is 6. The molecule has 0 amide bonds. The third-order valence-electron chi connectivity index (χ3n) is 3.84. The van der Waals surface area contributed by atoms with Gasteiger partial charge in [0.25, 0.3) is 0 Å². The van der Waals surface area contributed by atoms with Crippen LogP contribution < -0.4 is 10.2 Å². The van der Waals surface area contributed by atoms with Gasteiger partial charge in [0.05, 0.1) is 24.1 Å². The summed E-state index contributed by atoms with van der Waals surface area (Å²) < 4.78 is 0. The van der Waals surface area contributed by atoms with Gasteiger partial charge in [-0.25, -0.2) is 0 Å². The SMILES string of the molecule is CC(=O)c1ccc(N2CCCCC2)c(NCC(O)CO)c1. The molecule has 0 radical (unpaired) electrons. The van der Waals surface area contributed by atoms with Gasteiger partial charge in [0.15, 0.2) is 5.78 Å². The van der Waals surface area contributed by atoms with E-state index in [0.717, 1.165) is 24.5 Å². The van der Waals surface area contributed by atoms with Crippen LogP contribution in [0.1, 0.15) is 36.5 Å². The fourth-order valence-corrected chi connectivity index (χ4v) is 2.60. The van der Waals surface area contributed by atoms with Crippen LogP contribution in [0.4, 0.5) is 11.4 Å². The molecule has 0 spiro atoms. The highest BCUT2D eigenvalue weighted by Crippen LogP contribution is 2.29. The lowest BCUT2D eigenvalue weighted by molar-refractivity contribution is 0.101. The average Bonchev–Trinajstić information content (AvgIpc) is 2.53. The van der Waals surface area contributed by atoms with Gasteiger partial charge >= 0.3 is 0 Å². The first-order valence-electron chi connectivity index (χ1n) is 7.54. The van der Waals surface area contributed by atoms with Crippen molar-refractivity contribution >= 4 is 17.2 Å². The lowest BCUT2D eigenvalue weighted by atomic mass is 10.1. The van der Waals surface area contributed by atoms with Crippen LogP contribution in [0.3, 0.4) is 0 Å². The summed E-state index contributed by atoms with van der Waals surface area (Å²) in [6.07, 6.45) is 2.80. The van der Waals surface area contributed by atoms with Gasteiger partial charge in [0, 0.05) is 25.2 Å². The molecule has 1 heterocycles. The Bertz CT molecular complexity index is 484. The van der Waals surface area contributed by atoms with Crippen LogP contribution in [-0.2, 0) is 0 Å². The summed E-state index contributed by atoms with van der Waals surface area (Å²) >= 11 is 0. The number of piperidine rings is 1. The van der Waals surface area contributed by atoms with E-state index in [1.165, 1.54) is 19.3 Å². The number of carbonyl (C=O) groups is 1. The van der Waals surface area contributed by atoms with Crippen molar-refractivity contribution in [1.82, 2.24) is 0 Å². The zero-order valence-corrected chi connectivity index (χ0v) is 12.5. The molecule has 1 fully saturated rings. The molecule has 5 heteroatoms. The van der Waals surface area contributed by atoms with Crippen molar-refractivity contribution in [3.05, 3.63) is 23.8 Å². The maximum atomic E-state index is 11.5. The molecule has 1 aromatic rings. The van der Waals surface area contributed by atoms with Crippen LogP contribution in [0.25, 0.3) is 0 Å². The van der Waals surface area contributed by atoms with E-state index >= 15 is 0 Å². The average molecular weight is 292 g/mol. The molecule has 1 aliphatic heterocycles. The number of hydrogen-bond acceptors (Lipinski definition) is 5. The Morgan fingerprint density at radius 3 is 2.67 bits per heavy atom. The van der Waals surface area contributed by atoms with Crippen molar-refractivity contribution < 1.29 is 15.0 Å². The highest BCUT2D eigenvalue weighted by molar-refractivity contribution is 5.96. The third-order valence-corrected chi connectivity index (χ3v) is 3.84. The number of nitrogens with zero attached hydrogens (tertiary/aromatic N) is 1. The van der Waals surface area contributed by atoms with E-state index < -0.39 is 6.10 Å². The molecule has 0 bridgehead atoms.